The molecule has 13 heteroatoms. The highest BCUT2D eigenvalue weighted by Gasteiger charge is 2.45. The van der Waals surface area contributed by atoms with Crippen LogP contribution in [-0.2, 0) is 29.2 Å². The second-order valence-corrected chi connectivity index (χ2v) is 9.78. The number of aromatic nitrogens is 3. The highest BCUT2D eigenvalue weighted by molar-refractivity contribution is 5.35. The lowest BCUT2D eigenvalue weighted by atomic mass is 9.72. The van der Waals surface area contributed by atoms with Crippen LogP contribution in [0.2, 0.25) is 0 Å². The van der Waals surface area contributed by atoms with Crippen LogP contribution in [0.5, 0.6) is 0 Å². The first-order chi connectivity index (χ1) is 18.3. The lowest BCUT2D eigenvalue weighted by Gasteiger charge is -2.45. The standard InChI is InChI=1S/C26H25F6N5O2/c1-17(18-9-20(25(27,28)29)11-21(10-18)26(30,31)32)39-15-24(19-5-3-2-4-6-19)8-7-23(12-33,13-34-24)14-37-16-35-36-22(37)38/h2-6,9-11,16-17,34H,7-8,13-15H2,1H3,(H,36,38)/t17-,23-,24-/m1/s1. The van der Waals surface area contributed by atoms with E-state index in [1.165, 1.54) is 17.8 Å². The molecule has 0 spiro atoms. The maximum Gasteiger partial charge on any atom is 0.416 e. The number of ether oxygens (including phenoxy) is 1. The number of halogens is 6. The van der Waals surface area contributed by atoms with Gasteiger partial charge in [-0.3, -0.25) is 4.57 Å². The van der Waals surface area contributed by atoms with Crippen molar-refractivity contribution in [2.75, 3.05) is 13.2 Å². The van der Waals surface area contributed by atoms with Crippen molar-refractivity contribution in [1.82, 2.24) is 20.1 Å². The van der Waals surface area contributed by atoms with Gasteiger partial charge in [-0.15, -0.1) is 0 Å². The minimum atomic E-state index is -4.97. The van der Waals surface area contributed by atoms with Crippen LogP contribution >= 0.6 is 0 Å². The molecule has 0 radical (unpaired) electrons. The summed E-state index contributed by atoms with van der Waals surface area (Å²) < 4.78 is 87.4. The van der Waals surface area contributed by atoms with Gasteiger partial charge in [0.2, 0.25) is 0 Å². The van der Waals surface area contributed by atoms with E-state index >= 15 is 0 Å². The molecule has 0 bridgehead atoms. The van der Waals surface area contributed by atoms with Crippen LogP contribution in [0.3, 0.4) is 0 Å². The van der Waals surface area contributed by atoms with E-state index in [4.69, 9.17) is 4.74 Å². The Morgan fingerprint density at radius 3 is 2.21 bits per heavy atom. The highest BCUT2D eigenvalue weighted by Crippen LogP contribution is 2.41. The monoisotopic (exact) mass is 553 g/mol. The van der Waals surface area contributed by atoms with Crippen LogP contribution in [-0.4, -0.2) is 27.9 Å². The second kappa shape index (κ2) is 10.5. The first-order valence-corrected chi connectivity index (χ1v) is 12.0. The summed E-state index contributed by atoms with van der Waals surface area (Å²) in [6, 6.07) is 12.7. The normalized spacial score (nSPS) is 22.8. The molecule has 1 aliphatic heterocycles. The summed E-state index contributed by atoms with van der Waals surface area (Å²) in [6.45, 7) is 1.53. The van der Waals surface area contributed by atoms with Gasteiger partial charge < -0.3 is 10.1 Å². The molecular weight excluding hydrogens is 528 g/mol. The number of aromatic amines is 1. The molecule has 0 unspecified atom stereocenters. The zero-order valence-corrected chi connectivity index (χ0v) is 20.7. The van der Waals surface area contributed by atoms with Crippen LogP contribution in [0, 0.1) is 16.7 Å². The summed E-state index contributed by atoms with van der Waals surface area (Å²) in [5.74, 6) is 0. The fourth-order valence-electron chi connectivity index (χ4n) is 4.73. The number of rotatable bonds is 7. The predicted octanol–water partition coefficient (Wildman–Crippen LogP) is 5.18. The zero-order valence-electron chi connectivity index (χ0n) is 20.7. The number of piperidine rings is 1. The number of nitriles is 1. The Bertz CT molecular complexity index is 1350. The predicted molar refractivity (Wildman–Crippen MR) is 127 cm³/mol. The van der Waals surface area contributed by atoms with Crippen molar-refractivity contribution in [3.8, 4) is 6.07 Å². The van der Waals surface area contributed by atoms with Crippen LogP contribution in [0.15, 0.2) is 59.7 Å². The van der Waals surface area contributed by atoms with Gasteiger partial charge in [0.05, 0.1) is 40.9 Å². The number of hydrogen-bond donors (Lipinski definition) is 2. The number of alkyl halides is 6. The molecule has 0 amide bonds. The average molecular weight is 554 g/mol. The van der Waals surface area contributed by atoms with E-state index in [1.807, 2.05) is 12.1 Å². The molecule has 39 heavy (non-hydrogen) atoms. The van der Waals surface area contributed by atoms with Gasteiger partial charge in [-0.25, -0.2) is 9.89 Å². The molecule has 1 aromatic heterocycles. The van der Waals surface area contributed by atoms with Gasteiger partial charge in [0.25, 0.3) is 0 Å². The maximum absolute atomic E-state index is 13.4. The summed E-state index contributed by atoms with van der Waals surface area (Å²) in [5, 5.41) is 19.3. The average Bonchev–Trinajstić information content (AvgIpc) is 3.31. The molecule has 0 saturated carbocycles. The van der Waals surface area contributed by atoms with Crippen LogP contribution in [0.1, 0.15) is 48.1 Å². The third-order valence-electron chi connectivity index (χ3n) is 7.11. The number of benzene rings is 2. The van der Waals surface area contributed by atoms with E-state index in [-0.39, 0.29) is 31.3 Å². The summed E-state index contributed by atoms with van der Waals surface area (Å²) in [7, 11) is 0. The molecule has 2 N–H and O–H groups in total. The molecule has 0 aliphatic carbocycles. The van der Waals surface area contributed by atoms with E-state index in [0.717, 1.165) is 5.56 Å². The van der Waals surface area contributed by atoms with Crippen molar-refractivity contribution in [2.45, 2.75) is 50.3 Å². The Morgan fingerprint density at radius 2 is 1.72 bits per heavy atom. The number of hydrogen-bond acceptors (Lipinski definition) is 5. The molecule has 3 atom stereocenters. The van der Waals surface area contributed by atoms with E-state index in [9.17, 15) is 36.4 Å². The molecule has 1 saturated heterocycles. The van der Waals surface area contributed by atoms with Crippen molar-refractivity contribution in [1.29, 1.82) is 5.26 Å². The number of H-pyrrole nitrogens is 1. The van der Waals surface area contributed by atoms with Gasteiger partial charge in [-0.05, 0) is 49.1 Å². The third kappa shape index (κ3) is 6.17. The van der Waals surface area contributed by atoms with Crippen molar-refractivity contribution < 1.29 is 31.1 Å². The lowest BCUT2D eigenvalue weighted by Crippen LogP contribution is -2.56. The second-order valence-electron chi connectivity index (χ2n) is 9.78. The summed E-state index contributed by atoms with van der Waals surface area (Å²) in [4.78, 5) is 11.9. The molecule has 3 aromatic rings. The molecular formula is C26H25F6N5O2. The van der Waals surface area contributed by atoms with Crippen molar-refractivity contribution in [3.63, 3.8) is 0 Å². The van der Waals surface area contributed by atoms with Gasteiger partial charge in [-0.1, -0.05) is 30.3 Å². The Labute approximate surface area is 219 Å². The van der Waals surface area contributed by atoms with Crippen molar-refractivity contribution in [3.05, 3.63) is 87.6 Å². The first kappa shape index (κ1) is 28.4. The van der Waals surface area contributed by atoms with Crippen LogP contribution in [0.4, 0.5) is 26.3 Å². The number of nitrogens with zero attached hydrogens (tertiary/aromatic N) is 3. The molecule has 4 rings (SSSR count). The maximum atomic E-state index is 13.4. The van der Waals surface area contributed by atoms with Crippen molar-refractivity contribution in [2.24, 2.45) is 5.41 Å². The Balaban J connectivity index is 1.59. The fourth-order valence-corrected chi connectivity index (χ4v) is 4.73. The first-order valence-electron chi connectivity index (χ1n) is 12.0. The molecule has 208 valence electrons. The van der Waals surface area contributed by atoms with E-state index in [0.29, 0.717) is 25.0 Å². The molecule has 1 aliphatic rings. The molecule has 1 fully saturated rings. The van der Waals surface area contributed by atoms with Gasteiger partial charge in [0.1, 0.15) is 6.33 Å². The zero-order chi connectivity index (χ0) is 28.5. The summed E-state index contributed by atoms with van der Waals surface area (Å²) >= 11 is 0. The Kier molecular flexibility index (Phi) is 7.64. The Morgan fingerprint density at radius 1 is 1.08 bits per heavy atom. The number of nitrogens with one attached hydrogen (secondary N) is 2. The van der Waals surface area contributed by atoms with Gasteiger partial charge in [0, 0.05) is 13.1 Å². The largest absolute Gasteiger partial charge is 0.416 e. The van der Waals surface area contributed by atoms with Crippen LogP contribution in [0.25, 0.3) is 0 Å². The molecule has 7 nitrogen and oxygen atoms in total. The van der Waals surface area contributed by atoms with E-state index < -0.39 is 46.2 Å². The van der Waals surface area contributed by atoms with Gasteiger partial charge in [-0.2, -0.15) is 36.7 Å². The highest BCUT2D eigenvalue weighted by atomic mass is 19.4. The smallest absolute Gasteiger partial charge is 0.372 e. The SMILES string of the molecule is C[C@@H](OC[C@@]1(c2ccccc2)CC[C@](C#N)(Cn2cn[nH]c2=O)CN1)c1cc(C(F)(F)F)cc(C(F)(F)F)c1. The van der Waals surface area contributed by atoms with E-state index in [2.05, 4.69) is 21.6 Å². The Hall–Kier alpha value is -3.63. The van der Waals surface area contributed by atoms with Gasteiger partial charge in [0.15, 0.2) is 0 Å². The van der Waals surface area contributed by atoms with E-state index in [1.54, 1.807) is 18.2 Å². The quantitative estimate of drug-likeness (QED) is 0.394. The fraction of sp³-hybridized carbons (Fsp3) is 0.423. The third-order valence-corrected chi connectivity index (χ3v) is 7.11. The molecule has 2 heterocycles. The minimum Gasteiger partial charge on any atom is -0.372 e. The van der Waals surface area contributed by atoms with Crippen LogP contribution < -0.4 is 11.0 Å². The summed E-state index contributed by atoms with van der Waals surface area (Å²) in [5.41, 5.74) is -4.60. The topological polar surface area (TPSA) is 95.7 Å². The van der Waals surface area contributed by atoms with Crippen molar-refractivity contribution >= 4 is 0 Å². The van der Waals surface area contributed by atoms with Gasteiger partial charge >= 0.3 is 18.0 Å². The lowest BCUT2D eigenvalue weighted by molar-refractivity contribution is -0.143. The summed E-state index contributed by atoms with van der Waals surface area (Å²) in [6.07, 6.45) is -9.06. The molecule has 2 aromatic carbocycles. The minimum absolute atomic E-state index is 0.0805.